The van der Waals surface area contributed by atoms with Crippen molar-refractivity contribution in [2.75, 3.05) is 13.1 Å². The highest BCUT2D eigenvalue weighted by atomic mass is 16.2. The molecule has 1 aromatic heterocycles. The minimum atomic E-state index is -0.723. The van der Waals surface area contributed by atoms with E-state index in [2.05, 4.69) is 21.0 Å². The SMILES string of the molecule is CCC(C)NC(=O)C(C)NC(=O)C1(n2cccn2)CCNCC1. The van der Waals surface area contributed by atoms with Crippen molar-refractivity contribution >= 4 is 11.8 Å². The van der Waals surface area contributed by atoms with Gasteiger partial charge in [-0.25, -0.2) is 0 Å². The van der Waals surface area contributed by atoms with Crippen molar-refractivity contribution in [2.45, 2.75) is 57.7 Å². The highest BCUT2D eigenvalue weighted by Crippen LogP contribution is 2.27. The quantitative estimate of drug-likeness (QED) is 0.707. The molecule has 2 heterocycles. The van der Waals surface area contributed by atoms with Gasteiger partial charge >= 0.3 is 0 Å². The number of piperidine rings is 1. The van der Waals surface area contributed by atoms with Crippen molar-refractivity contribution in [2.24, 2.45) is 0 Å². The second-order valence-electron chi connectivity index (χ2n) is 6.25. The van der Waals surface area contributed by atoms with Gasteiger partial charge in [-0.3, -0.25) is 14.3 Å². The van der Waals surface area contributed by atoms with Gasteiger partial charge in [0.25, 0.3) is 0 Å². The Kier molecular flexibility index (Phi) is 5.76. The van der Waals surface area contributed by atoms with Gasteiger partial charge in [0.05, 0.1) is 0 Å². The van der Waals surface area contributed by atoms with Crippen LogP contribution >= 0.6 is 0 Å². The molecule has 3 N–H and O–H groups in total. The Hall–Kier alpha value is -1.89. The predicted octanol–water partition coefficient (Wildman–Crippen LogP) is 0.381. The van der Waals surface area contributed by atoms with E-state index in [0.717, 1.165) is 19.5 Å². The fourth-order valence-corrected chi connectivity index (χ4v) is 2.79. The summed E-state index contributed by atoms with van der Waals surface area (Å²) in [5.74, 6) is -0.299. The topological polar surface area (TPSA) is 88.1 Å². The van der Waals surface area contributed by atoms with Crippen LogP contribution in [0.1, 0.15) is 40.0 Å². The Labute approximate surface area is 137 Å². The molecule has 0 aliphatic carbocycles. The first-order valence-electron chi connectivity index (χ1n) is 8.32. The van der Waals surface area contributed by atoms with Crippen LogP contribution in [0.2, 0.25) is 0 Å². The third-order valence-corrected chi connectivity index (χ3v) is 4.54. The van der Waals surface area contributed by atoms with Crippen LogP contribution in [0.25, 0.3) is 0 Å². The molecule has 7 heteroatoms. The number of amides is 2. The number of nitrogens with zero attached hydrogens (tertiary/aromatic N) is 2. The van der Waals surface area contributed by atoms with Crippen molar-refractivity contribution in [3.8, 4) is 0 Å². The lowest BCUT2D eigenvalue weighted by molar-refractivity contribution is -0.136. The van der Waals surface area contributed by atoms with Gasteiger partial charge in [-0.1, -0.05) is 6.92 Å². The summed E-state index contributed by atoms with van der Waals surface area (Å²) in [5.41, 5.74) is -0.723. The van der Waals surface area contributed by atoms with Crippen molar-refractivity contribution in [3.05, 3.63) is 18.5 Å². The standard InChI is InChI=1S/C16H27N5O2/c1-4-12(2)19-14(22)13(3)20-15(23)16(6-9-17-10-7-16)21-11-5-8-18-21/h5,8,11-13,17H,4,6-7,9-10H2,1-3H3,(H,19,22)(H,20,23). The van der Waals surface area contributed by atoms with Crippen molar-refractivity contribution in [1.29, 1.82) is 0 Å². The van der Waals surface area contributed by atoms with Crippen molar-refractivity contribution in [1.82, 2.24) is 25.7 Å². The molecule has 1 fully saturated rings. The summed E-state index contributed by atoms with van der Waals surface area (Å²) in [6, 6.07) is 1.34. The van der Waals surface area contributed by atoms with Crippen LogP contribution in [0.4, 0.5) is 0 Å². The Bertz CT molecular complexity index is 523. The number of carbonyl (C=O) groups is 2. The predicted molar refractivity (Wildman–Crippen MR) is 87.8 cm³/mol. The molecule has 0 aromatic carbocycles. The van der Waals surface area contributed by atoms with Crippen LogP contribution in [0.3, 0.4) is 0 Å². The van der Waals surface area contributed by atoms with E-state index in [4.69, 9.17) is 0 Å². The maximum Gasteiger partial charge on any atom is 0.248 e. The van der Waals surface area contributed by atoms with Crippen molar-refractivity contribution in [3.63, 3.8) is 0 Å². The second-order valence-corrected chi connectivity index (χ2v) is 6.25. The second kappa shape index (κ2) is 7.59. The molecule has 128 valence electrons. The first-order valence-corrected chi connectivity index (χ1v) is 8.32. The molecule has 23 heavy (non-hydrogen) atoms. The molecule has 1 aromatic rings. The van der Waals surface area contributed by atoms with Gasteiger partial charge in [0, 0.05) is 18.4 Å². The fraction of sp³-hybridized carbons (Fsp3) is 0.688. The van der Waals surface area contributed by atoms with Crippen LogP contribution in [0, 0.1) is 0 Å². The summed E-state index contributed by atoms with van der Waals surface area (Å²) in [7, 11) is 0. The van der Waals surface area contributed by atoms with Crippen LogP contribution in [-0.4, -0.2) is 46.8 Å². The first-order chi connectivity index (χ1) is 11.0. The molecule has 1 aliphatic rings. The molecule has 0 radical (unpaired) electrons. The maximum absolute atomic E-state index is 12.9. The maximum atomic E-state index is 12.9. The molecular formula is C16H27N5O2. The van der Waals surface area contributed by atoms with Gasteiger partial charge in [-0.05, 0) is 52.3 Å². The summed E-state index contributed by atoms with van der Waals surface area (Å²) < 4.78 is 1.72. The van der Waals surface area contributed by atoms with Crippen LogP contribution in [0.15, 0.2) is 18.5 Å². The number of carbonyl (C=O) groups excluding carboxylic acids is 2. The molecular weight excluding hydrogens is 294 g/mol. The summed E-state index contributed by atoms with van der Waals surface area (Å²) in [4.78, 5) is 25.1. The molecule has 7 nitrogen and oxygen atoms in total. The summed E-state index contributed by atoms with van der Waals surface area (Å²) >= 11 is 0. The largest absolute Gasteiger partial charge is 0.352 e. The summed E-state index contributed by atoms with van der Waals surface area (Å²) in [6.45, 7) is 7.18. The molecule has 2 atom stereocenters. The Balaban J connectivity index is 2.08. The van der Waals surface area contributed by atoms with Crippen LogP contribution in [-0.2, 0) is 15.1 Å². The molecule has 0 spiro atoms. The molecule has 1 saturated heterocycles. The lowest BCUT2D eigenvalue weighted by Crippen LogP contribution is -2.58. The number of nitrogens with one attached hydrogen (secondary N) is 3. The minimum Gasteiger partial charge on any atom is -0.352 e. The van der Waals surface area contributed by atoms with E-state index in [9.17, 15) is 9.59 Å². The summed E-state index contributed by atoms with van der Waals surface area (Å²) in [5, 5.41) is 13.3. The molecule has 0 saturated carbocycles. The van der Waals surface area contributed by atoms with Gasteiger partial charge in [0.15, 0.2) is 0 Å². The number of aromatic nitrogens is 2. The number of hydrogen-bond donors (Lipinski definition) is 3. The van der Waals surface area contributed by atoms with E-state index in [0.29, 0.717) is 12.8 Å². The molecule has 2 rings (SSSR count). The first kappa shape index (κ1) is 17.5. The smallest absolute Gasteiger partial charge is 0.248 e. The fourth-order valence-electron chi connectivity index (χ4n) is 2.79. The van der Waals surface area contributed by atoms with Crippen LogP contribution < -0.4 is 16.0 Å². The third kappa shape index (κ3) is 3.90. The van der Waals surface area contributed by atoms with Gasteiger partial charge in [-0.2, -0.15) is 5.10 Å². The normalized spacial score (nSPS) is 19.6. The highest BCUT2D eigenvalue weighted by molar-refractivity contribution is 5.91. The minimum absolute atomic E-state index is 0.0980. The molecule has 2 amide bonds. The third-order valence-electron chi connectivity index (χ3n) is 4.54. The van der Waals surface area contributed by atoms with Gasteiger partial charge in [0.1, 0.15) is 11.6 Å². The average Bonchev–Trinajstić information content (AvgIpc) is 3.10. The molecule has 2 unspecified atom stereocenters. The van der Waals surface area contributed by atoms with Gasteiger partial charge in [0.2, 0.25) is 11.8 Å². The Morgan fingerprint density at radius 3 is 2.57 bits per heavy atom. The average molecular weight is 321 g/mol. The van der Waals surface area contributed by atoms with E-state index in [1.54, 1.807) is 17.8 Å². The van der Waals surface area contributed by atoms with Crippen molar-refractivity contribution < 1.29 is 9.59 Å². The Morgan fingerprint density at radius 1 is 1.30 bits per heavy atom. The highest BCUT2D eigenvalue weighted by Gasteiger charge is 2.42. The van der Waals surface area contributed by atoms with Crippen LogP contribution in [0.5, 0.6) is 0 Å². The monoisotopic (exact) mass is 321 g/mol. The summed E-state index contributed by atoms with van der Waals surface area (Å²) in [6.07, 6.45) is 5.65. The lowest BCUT2D eigenvalue weighted by Gasteiger charge is -2.37. The Morgan fingerprint density at radius 2 is 2.00 bits per heavy atom. The van der Waals surface area contributed by atoms with E-state index < -0.39 is 11.6 Å². The zero-order chi connectivity index (χ0) is 16.9. The number of hydrogen-bond acceptors (Lipinski definition) is 4. The zero-order valence-electron chi connectivity index (χ0n) is 14.1. The van der Waals surface area contributed by atoms with E-state index in [1.165, 1.54) is 0 Å². The van der Waals surface area contributed by atoms with E-state index in [-0.39, 0.29) is 17.9 Å². The van der Waals surface area contributed by atoms with E-state index in [1.807, 2.05) is 26.1 Å². The van der Waals surface area contributed by atoms with Gasteiger partial charge in [-0.15, -0.1) is 0 Å². The molecule has 0 bridgehead atoms. The zero-order valence-corrected chi connectivity index (χ0v) is 14.1. The lowest BCUT2D eigenvalue weighted by atomic mass is 9.87. The van der Waals surface area contributed by atoms with E-state index >= 15 is 0 Å². The van der Waals surface area contributed by atoms with Gasteiger partial charge < -0.3 is 16.0 Å². The molecule has 1 aliphatic heterocycles. The number of rotatable bonds is 6.